The molecule has 102 valence electrons. The molecule has 0 aromatic heterocycles. The summed E-state index contributed by atoms with van der Waals surface area (Å²) >= 11 is 3.07. The number of benzene rings is 1. The Hall–Kier alpha value is -0.950. The second kappa shape index (κ2) is 5.58. The molecule has 1 aliphatic rings. The molecule has 0 heterocycles. The molecule has 19 heavy (non-hydrogen) atoms. The van der Waals surface area contributed by atoms with Crippen molar-refractivity contribution in [1.82, 2.24) is 0 Å². The van der Waals surface area contributed by atoms with Crippen LogP contribution in [0.1, 0.15) is 38.2 Å². The molecule has 1 fully saturated rings. The van der Waals surface area contributed by atoms with E-state index in [0.29, 0.717) is 5.92 Å². The zero-order chi connectivity index (χ0) is 14.0. The van der Waals surface area contributed by atoms with Crippen LogP contribution in [0.4, 0.5) is 8.78 Å². The topological polar surface area (TPSA) is 23.8 Å². The van der Waals surface area contributed by atoms with Gasteiger partial charge in [-0.15, -0.1) is 0 Å². The van der Waals surface area contributed by atoms with E-state index in [-0.39, 0.29) is 16.5 Å². The van der Waals surface area contributed by atoms with Gasteiger partial charge in [-0.2, -0.15) is 5.26 Å². The Bertz CT molecular complexity index is 524. The Morgan fingerprint density at radius 3 is 2.84 bits per heavy atom. The van der Waals surface area contributed by atoms with Gasteiger partial charge in [-0.25, -0.2) is 8.78 Å². The predicted octanol–water partition coefficient (Wildman–Crippen LogP) is 4.99. The van der Waals surface area contributed by atoms with Crippen molar-refractivity contribution in [3.8, 4) is 6.07 Å². The molecule has 2 unspecified atom stereocenters. The average molecular weight is 328 g/mol. The molecule has 1 aliphatic carbocycles. The summed E-state index contributed by atoms with van der Waals surface area (Å²) in [5.41, 5.74) is -0.592. The lowest BCUT2D eigenvalue weighted by Crippen LogP contribution is -2.29. The van der Waals surface area contributed by atoms with E-state index in [1.165, 1.54) is 12.1 Å². The second-order valence-corrected chi connectivity index (χ2v) is 6.45. The smallest absolute Gasteiger partial charge is 0.143 e. The maximum atomic E-state index is 14.0. The fourth-order valence-corrected chi connectivity index (χ4v) is 3.40. The van der Waals surface area contributed by atoms with Gasteiger partial charge in [-0.05, 0) is 53.2 Å². The fraction of sp³-hybridized carbons (Fsp3) is 0.533. The summed E-state index contributed by atoms with van der Waals surface area (Å²) in [7, 11) is 0. The first-order chi connectivity index (χ1) is 8.97. The lowest BCUT2D eigenvalue weighted by atomic mass is 9.68. The number of nitriles is 1. The van der Waals surface area contributed by atoms with Crippen LogP contribution >= 0.6 is 15.9 Å². The van der Waals surface area contributed by atoms with Crippen molar-refractivity contribution >= 4 is 15.9 Å². The third-order valence-electron chi connectivity index (χ3n) is 3.98. The van der Waals surface area contributed by atoms with Gasteiger partial charge in [0.1, 0.15) is 11.6 Å². The summed E-state index contributed by atoms with van der Waals surface area (Å²) in [6.45, 7) is 2.10. The largest absolute Gasteiger partial charge is 0.207 e. The Morgan fingerprint density at radius 2 is 2.21 bits per heavy atom. The molecule has 0 bridgehead atoms. The highest BCUT2D eigenvalue weighted by molar-refractivity contribution is 9.10. The second-order valence-electron chi connectivity index (χ2n) is 5.59. The van der Waals surface area contributed by atoms with E-state index in [4.69, 9.17) is 0 Å². The number of rotatable bonds is 2. The fourth-order valence-electron chi connectivity index (χ4n) is 3.03. The average Bonchev–Trinajstić information content (AvgIpc) is 2.39. The monoisotopic (exact) mass is 327 g/mol. The van der Waals surface area contributed by atoms with Crippen molar-refractivity contribution in [3.05, 3.63) is 33.8 Å². The van der Waals surface area contributed by atoms with Crippen molar-refractivity contribution in [2.75, 3.05) is 0 Å². The van der Waals surface area contributed by atoms with Crippen LogP contribution in [0, 0.1) is 34.3 Å². The third-order valence-corrected chi connectivity index (χ3v) is 4.60. The molecule has 1 nitrogen and oxygen atoms in total. The summed E-state index contributed by atoms with van der Waals surface area (Å²) in [6, 6.07) is 4.93. The third kappa shape index (κ3) is 2.97. The Labute approximate surface area is 120 Å². The van der Waals surface area contributed by atoms with Crippen LogP contribution < -0.4 is 0 Å². The Balaban J connectivity index is 2.34. The van der Waals surface area contributed by atoms with Crippen LogP contribution in [-0.4, -0.2) is 0 Å². The minimum Gasteiger partial charge on any atom is -0.207 e. The van der Waals surface area contributed by atoms with Crippen LogP contribution in [0.3, 0.4) is 0 Å². The highest BCUT2D eigenvalue weighted by atomic mass is 79.9. The van der Waals surface area contributed by atoms with Gasteiger partial charge in [0.05, 0.1) is 16.0 Å². The van der Waals surface area contributed by atoms with Gasteiger partial charge in [0.2, 0.25) is 0 Å². The van der Waals surface area contributed by atoms with Crippen molar-refractivity contribution in [1.29, 1.82) is 5.26 Å². The molecule has 0 N–H and O–H groups in total. The summed E-state index contributed by atoms with van der Waals surface area (Å²) in [5.74, 6) is -0.701. The van der Waals surface area contributed by atoms with E-state index in [2.05, 4.69) is 28.9 Å². The quantitative estimate of drug-likeness (QED) is 0.702. The predicted molar refractivity (Wildman–Crippen MR) is 73.4 cm³/mol. The van der Waals surface area contributed by atoms with Gasteiger partial charge < -0.3 is 0 Å². The van der Waals surface area contributed by atoms with Gasteiger partial charge in [0.25, 0.3) is 0 Å². The highest BCUT2D eigenvalue weighted by Crippen LogP contribution is 2.42. The highest BCUT2D eigenvalue weighted by Gasteiger charge is 2.37. The molecule has 1 aromatic carbocycles. The molecule has 0 amide bonds. The molecule has 0 aliphatic heterocycles. The molecular weight excluding hydrogens is 312 g/mol. The summed E-state index contributed by atoms with van der Waals surface area (Å²) in [4.78, 5) is 0. The van der Waals surface area contributed by atoms with Crippen molar-refractivity contribution in [2.24, 2.45) is 11.3 Å². The standard InChI is InChI=1S/C15H16BrF2N/c1-10-3-2-6-15(7-10,9-19)8-11-13(17)5-4-12(16)14(11)18/h4-5,10H,2-3,6-8H2,1H3. The van der Waals surface area contributed by atoms with E-state index in [1.807, 2.05) is 0 Å². The van der Waals surface area contributed by atoms with Gasteiger partial charge in [-0.1, -0.05) is 19.8 Å². The zero-order valence-corrected chi connectivity index (χ0v) is 12.4. The minimum atomic E-state index is -0.625. The summed E-state index contributed by atoms with van der Waals surface area (Å²) in [6.07, 6.45) is 3.64. The van der Waals surface area contributed by atoms with Crippen molar-refractivity contribution in [2.45, 2.75) is 39.0 Å². The van der Waals surface area contributed by atoms with Crippen LogP contribution in [0.5, 0.6) is 0 Å². The lowest BCUT2D eigenvalue weighted by molar-refractivity contribution is 0.206. The molecule has 0 spiro atoms. The van der Waals surface area contributed by atoms with E-state index in [0.717, 1.165) is 25.7 Å². The van der Waals surface area contributed by atoms with Crippen molar-refractivity contribution < 1.29 is 8.78 Å². The molecular formula is C15H16BrF2N. The maximum Gasteiger partial charge on any atom is 0.143 e. The molecule has 1 saturated carbocycles. The van der Waals surface area contributed by atoms with Crippen LogP contribution in [0.25, 0.3) is 0 Å². The van der Waals surface area contributed by atoms with Crippen molar-refractivity contribution in [3.63, 3.8) is 0 Å². The number of nitrogens with zero attached hydrogens (tertiary/aromatic N) is 1. The molecule has 1 aromatic rings. The molecule has 0 saturated heterocycles. The normalized spacial score (nSPS) is 27.0. The first-order valence-electron chi connectivity index (χ1n) is 6.51. The van der Waals surface area contributed by atoms with Crippen LogP contribution in [-0.2, 0) is 6.42 Å². The SMILES string of the molecule is CC1CCCC(C#N)(Cc2c(F)ccc(Br)c2F)C1. The molecule has 0 radical (unpaired) electrons. The molecule has 2 atom stereocenters. The summed E-state index contributed by atoms with van der Waals surface area (Å²) < 4.78 is 28.1. The van der Waals surface area contributed by atoms with E-state index >= 15 is 0 Å². The Morgan fingerprint density at radius 1 is 1.47 bits per heavy atom. The van der Waals surface area contributed by atoms with Gasteiger partial charge in [0, 0.05) is 5.56 Å². The van der Waals surface area contributed by atoms with Crippen LogP contribution in [0.15, 0.2) is 16.6 Å². The summed E-state index contributed by atoms with van der Waals surface area (Å²) in [5, 5.41) is 9.47. The van der Waals surface area contributed by atoms with Gasteiger partial charge >= 0.3 is 0 Å². The zero-order valence-electron chi connectivity index (χ0n) is 10.8. The van der Waals surface area contributed by atoms with Crippen LogP contribution in [0.2, 0.25) is 0 Å². The first kappa shape index (κ1) is 14.5. The maximum absolute atomic E-state index is 14.0. The number of hydrogen-bond donors (Lipinski definition) is 0. The first-order valence-corrected chi connectivity index (χ1v) is 7.30. The minimum absolute atomic E-state index is 0.0324. The Kier molecular flexibility index (Phi) is 4.25. The molecule has 2 rings (SSSR count). The van der Waals surface area contributed by atoms with Gasteiger partial charge in [0.15, 0.2) is 0 Å². The molecule has 4 heteroatoms. The van der Waals surface area contributed by atoms with E-state index < -0.39 is 17.0 Å². The number of hydrogen-bond acceptors (Lipinski definition) is 1. The van der Waals surface area contributed by atoms with Gasteiger partial charge in [-0.3, -0.25) is 0 Å². The number of halogens is 3. The van der Waals surface area contributed by atoms with E-state index in [1.54, 1.807) is 0 Å². The van der Waals surface area contributed by atoms with E-state index in [9.17, 15) is 14.0 Å². The lowest BCUT2D eigenvalue weighted by Gasteiger charge is -2.34.